The smallest absolute Gasteiger partial charge is 0.329 e. The van der Waals surface area contributed by atoms with E-state index in [0.717, 1.165) is 19.3 Å². The number of nitrogens with one attached hydrogen (secondary N) is 1. The fourth-order valence-corrected chi connectivity index (χ4v) is 1.79. The van der Waals surface area contributed by atoms with Gasteiger partial charge in [0.15, 0.2) is 0 Å². The van der Waals surface area contributed by atoms with Crippen LogP contribution in [0.4, 0.5) is 4.79 Å². The predicted octanol–water partition coefficient (Wildman–Crippen LogP) is 1.31. The Morgan fingerprint density at radius 1 is 1.42 bits per heavy atom. The molecule has 0 radical (unpaired) electrons. The maximum absolute atomic E-state index is 12.0. The Morgan fingerprint density at radius 3 is 2.42 bits per heavy atom. The van der Waals surface area contributed by atoms with Crippen molar-refractivity contribution in [3.05, 3.63) is 0 Å². The zero-order chi connectivity index (χ0) is 14.7. The van der Waals surface area contributed by atoms with Gasteiger partial charge in [0.25, 0.3) is 0 Å². The van der Waals surface area contributed by atoms with Gasteiger partial charge in [0.2, 0.25) is 0 Å². The molecule has 2 N–H and O–H groups in total. The first-order valence-electron chi connectivity index (χ1n) is 6.49. The number of hydrogen-bond donors (Lipinski definition) is 2. The molecule has 6 heteroatoms. The molecule has 0 aromatic carbocycles. The van der Waals surface area contributed by atoms with Crippen molar-refractivity contribution in [2.75, 3.05) is 27.3 Å². The number of carbonyl (C=O) groups is 2. The highest BCUT2D eigenvalue weighted by atomic mass is 16.5. The number of nitrogens with zero attached hydrogens (tertiary/aromatic N) is 1. The lowest BCUT2D eigenvalue weighted by atomic mass is 10.0. The number of urea groups is 1. The highest BCUT2D eigenvalue weighted by molar-refractivity contribution is 5.85. The van der Waals surface area contributed by atoms with Gasteiger partial charge in [0, 0.05) is 27.3 Å². The molecule has 1 fully saturated rings. The van der Waals surface area contributed by atoms with Crippen LogP contribution in [-0.4, -0.2) is 54.9 Å². The number of carboxylic acid groups (broad SMARTS) is 1. The minimum Gasteiger partial charge on any atom is -0.480 e. The fourth-order valence-electron chi connectivity index (χ4n) is 1.79. The van der Waals surface area contributed by atoms with Crippen LogP contribution in [0.1, 0.15) is 33.1 Å². The topological polar surface area (TPSA) is 78.9 Å². The maximum Gasteiger partial charge on any atom is 0.329 e. The lowest BCUT2D eigenvalue weighted by molar-refractivity contribution is -0.146. The second-order valence-corrected chi connectivity index (χ2v) is 5.82. The van der Waals surface area contributed by atoms with Crippen molar-refractivity contribution in [2.24, 2.45) is 5.41 Å². The number of aliphatic carboxylic acids is 1. The standard InChI is InChI=1S/C13H24N2O4/c1-12(2,10(16)17)15(3)11(18)14-9-13(5-6-13)7-8-19-4/h5-9H2,1-4H3,(H,14,18)(H,16,17). The van der Waals surface area contributed by atoms with Gasteiger partial charge < -0.3 is 20.1 Å². The summed E-state index contributed by atoms with van der Waals surface area (Å²) in [7, 11) is 3.16. The second kappa shape index (κ2) is 5.77. The number of likely N-dealkylation sites (N-methyl/N-ethyl adjacent to an activating group) is 1. The molecule has 1 saturated carbocycles. The predicted molar refractivity (Wildman–Crippen MR) is 71.0 cm³/mol. The van der Waals surface area contributed by atoms with E-state index in [1.165, 1.54) is 25.8 Å². The van der Waals surface area contributed by atoms with Gasteiger partial charge in [-0.25, -0.2) is 9.59 Å². The number of carboxylic acids is 1. The number of rotatable bonds is 7. The molecule has 0 spiro atoms. The monoisotopic (exact) mass is 272 g/mol. The van der Waals surface area contributed by atoms with Gasteiger partial charge in [-0.05, 0) is 38.5 Å². The third-order valence-electron chi connectivity index (χ3n) is 4.07. The first-order chi connectivity index (χ1) is 8.75. The van der Waals surface area contributed by atoms with Crippen molar-refractivity contribution in [1.82, 2.24) is 10.2 Å². The van der Waals surface area contributed by atoms with Crippen LogP contribution >= 0.6 is 0 Å². The van der Waals surface area contributed by atoms with Gasteiger partial charge in [0.1, 0.15) is 5.54 Å². The molecule has 110 valence electrons. The Bertz CT molecular complexity index is 351. The Balaban J connectivity index is 2.45. The number of hydrogen-bond acceptors (Lipinski definition) is 3. The molecule has 0 atom stereocenters. The minimum absolute atomic E-state index is 0.153. The average molecular weight is 272 g/mol. The molecule has 0 unspecified atom stereocenters. The van der Waals surface area contributed by atoms with Crippen LogP contribution < -0.4 is 5.32 Å². The molecule has 2 amide bonds. The third kappa shape index (κ3) is 3.83. The van der Waals surface area contributed by atoms with Crippen molar-refractivity contribution in [2.45, 2.75) is 38.6 Å². The zero-order valence-electron chi connectivity index (χ0n) is 12.2. The van der Waals surface area contributed by atoms with E-state index >= 15 is 0 Å². The van der Waals surface area contributed by atoms with Crippen LogP contribution in [0.15, 0.2) is 0 Å². The largest absolute Gasteiger partial charge is 0.480 e. The highest BCUT2D eigenvalue weighted by Crippen LogP contribution is 2.48. The Kier molecular flexibility index (Phi) is 4.79. The van der Waals surface area contributed by atoms with Gasteiger partial charge in [0.05, 0.1) is 0 Å². The lowest BCUT2D eigenvalue weighted by Crippen LogP contribution is -2.54. The number of methoxy groups -OCH3 is 1. The highest BCUT2D eigenvalue weighted by Gasteiger charge is 2.43. The molecule has 0 saturated heterocycles. The number of amides is 2. The summed E-state index contributed by atoms with van der Waals surface area (Å²) in [6, 6.07) is -0.351. The van der Waals surface area contributed by atoms with Crippen molar-refractivity contribution in [3.8, 4) is 0 Å². The van der Waals surface area contributed by atoms with Gasteiger partial charge in [-0.1, -0.05) is 0 Å². The van der Waals surface area contributed by atoms with E-state index in [-0.39, 0.29) is 11.4 Å². The van der Waals surface area contributed by atoms with Crippen LogP contribution in [-0.2, 0) is 9.53 Å². The molecule has 1 aliphatic rings. The van der Waals surface area contributed by atoms with Crippen molar-refractivity contribution < 1.29 is 19.4 Å². The summed E-state index contributed by atoms with van der Waals surface area (Å²) in [5.74, 6) is -1.02. The Labute approximate surface area is 114 Å². The zero-order valence-corrected chi connectivity index (χ0v) is 12.2. The molecule has 0 aliphatic heterocycles. The van der Waals surface area contributed by atoms with Crippen LogP contribution in [0.5, 0.6) is 0 Å². The Hall–Kier alpha value is -1.30. The first kappa shape index (κ1) is 15.8. The van der Waals surface area contributed by atoms with E-state index in [2.05, 4.69) is 5.32 Å². The van der Waals surface area contributed by atoms with E-state index in [1.54, 1.807) is 7.11 Å². The maximum atomic E-state index is 12.0. The summed E-state index contributed by atoms with van der Waals surface area (Å²) in [6.07, 6.45) is 3.10. The van der Waals surface area contributed by atoms with E-state index in [9.17, 15) is 9.59 Å². The number of carbonyl (C=O) groups excluding carboxylic acids is 1. The van der Waals surface area contributed by atoms with Crippen LogP contribution in [0.3, 0.4) is 0 Å². The fraction of sp³-hybridized carbons (Fsp3) is 0.846. The third-order valence-corrected chi connectivity index (χ3v) is 4.07. The molecule has 0 heterocycles. The SMILES string of the molecule is COCCC1(CNC(=O)N(C)C(C)(C)C(=O)O)CC1. The quantitative estimate of drug-likeness (QED) is 0.732. The molecule has 1 aliphatic carbocycles. The normalized spacial score (nSPS) is 16.8. The van der Waals surface area contributed by atoms with Crippen LogP contribution in [0.25, 0.3) is 0 Å². The van der Waals surface area contributed by atoms with E-state index in [4.69, 9.17) is 9.84 Å². The molecule has 0 aromatic rings. The van der Waals surface area contributed by atoms with Crippen molar-refractivity contribution >= 4 is 12.0 Å². The summed E-state index contributed by atoms with van der Waals surface area (Å²) < 4.78 is 5.06. The second-order valence-electron chi connectivity index (χ2n) is 5.82. The number of ether oxygens (including phenoxy) is 1. The minimum atomic E-state index is -1.21. The summed E-state index contributed by atoms with van der Waals surface area (Å²) >= 11 is 0. The molecule has 6 nitrogen and oxygen atoms in total. The van der Waals surface area contributed by atoms with Crippen LogP contribution in [0, 0.1) is 5.41 Å². The molecular formula is C13H24N2O4. The summed E-state index contributed by atoms with van der Waals surface area (Å²) in [4.78, 5) is 24.3. The van der Waals surface area contributed by atoms with E-state index in [1.807, 2.05) is 0 Å². The average Bonchev–Trinajstić information content (AvgIpc) is 3.13. The van der Waals surface area contributed by atoms with Gasteiger partial charge in [-0.2, -0.15) is 0 Å². The van der Waals surface area contributed by atoms with E-state index in [0.29, 0.717) is 13.2 Å². The van der Waals surface area contributed by atoms with Gasteiger partial charge >= 0.3 is 12.0 Å². The Morgan fingerprint density at radius 2 is 2.00 bits per heavy atom. The molecular weight excluding hydrogens is 248 g/mol. The van der Waals surface area contributed by atoms with Crippen molar-refractivity contribution in [1.29, 1.82) is 0 Å². The van der Waals surface area contributed by atoms with Crippen molar-refractivity contribution in [3.63, 3.8) is 0 Å². The molecule has 0 bridgehead atoms. The molecule has 1 rings (SSSR count). The molecule has 19 heavy (non-hydrogen) atoms. The van der Waals surface area contributed by atoms with Crippen LogP contribution in [0.2, 0.25) is 0 Å². The van der Waals surface area contributed by atoms with E-state index < -0.39 is 11.5 Å². The first-order valence-corrected chi connectivity index (χ1v) is 6.49. The van der Waals surface area contributed by atoms with Gasteiger partial charge in [-0.3, -0.25) is 0 Å². The summed E-state index contributed by atoms with van der Waals surface area (Å²) in [5.41, 5.74) is -1.06. The molecule has 0 aromatic heterocycles. The summed E-state index contributed by atoms with van der Waals surface area (Å²) in [6.45, 7) is 4.28. The summed E-state index contributed by atoms with van der Waals surface area (Å²) in [5, 5.41) is 11.9. The lowest BCUT2D eigenvalue weighted by Gasteiger charge is -2.32. The van der Waals surface area contributed by atoms with Gasteiger partial charge in [-0.15, -0.1) is 0 Å².